The quantitative estimate of drug-likeness (QED) is 0.911. The van der Waals surface area contributed by atoms with Crippen molar-refractivity contribution in [1.82, 2.24) is 20.5 Å². The van der Waals surface area contributed by atoms with Crippen molar-refractivity contribution in [2.45, 2.75) is 6.54 Å². The van der Waals surface area contributed by atoms with Crippen molar-refractivity contribution in [2.24, 2.45) is 0 Å². The molecule has 0 aliphatic carbocycles. The first kappa shape index (κ1) is 13.6. The molecule has 1 aliphatic heterocycles. The van der Waals surface area contributed by atoms with Crippen molar-refractivity contribution in [2.75, 3.05) is 13.1 Å². The number of nitrogens with zero attached hydrogens (tertiary/aromatic N) is 2. The maximum absolute atomic E-state index is 11.9. The Morgan fingerprint density at radius 3 is 3.10 bits per heavy atom. The maximum Gasteiger partial charge on any atom is 0.325 e. The number of pyridine rings is 1. The van der Waals surface area contributed by atoms with Crippen LogP contribution in [-0.4, -0.2) is 35.0 Å². The van der Waals surface area contributed by atoms with Crippen LogP contribution in [0, 0.1) is 0 Å². The van der Waals surface area contributed by atoms with Gasteiger partial charge >= 0.3 is 12.1 Å². The van der Waals surface area contributed by atoms with E-state index in [0.29, 0.717) is 19.6 Å². The molecule has 0 saturated carbocycles. The zero-order chi connectivity index (χ0) is 14.7. The fourth-order valence-corrected chi connectivity index (χ4v) is 2.78. The molecule has 21 heavy (non-hydrogen) atoms. The van der Waals surface area contributed by atoms with E-state index in [0.717, 1.165) is 16.1 Å². The molecule has 3 heterocycles. The Hall–Kier alpha value is -2.41. The van der Waals surface area contributed by atoms with E-state index in [9.17, 15) is 9.59 Å². The number of urea groups is 2. The summed E-state index contributed by atoms with van der Waals surface area (Å²) in [6.45, 7) is 1.27. The highest BCUT2D eigenvalue weighted by Crippen LogP contribution is 2.22. The largest absolute Gasteiger partial charge is 0.336 e. The van der Waals surface area contributed by atoms with E-state index in [1.807, 2.05) is 29.6 Å². The van der Waals surface area contributed by atoms with Crippen molar-refractivity contribution in [1.29, 1.82) is 0 Å². The molecule has 0 atom stereocenters. The molecule has 0 radical (unpaired) electrons. The average Bonchev–Trinajstić information content (AvgIpc) is 3.16. The summed E-state index contributed by atoms with van der Waals surface area (Å²) in [4.78, 5) is 29.8. The zero-order valence-corrected chi connectivity index (χ0v) is 12.0. The lowest BCUT2D eigenvalue weighted by molar-refractivity contribution is 0.198. The highest BCUT2D eigenvalue weighted by Gasteiger charge is 2.25. The van der Waals surface area contributed by atoms with Crippen LogP contribution in [0.3, 0.4) is 0 Å². The summed E-state index contributed by atoms with van der Waals surface area (Å²) in [6.07, 6.45) is 1.72. The van der Waals surface area contributed by atoms with Crippen LogP contribution in [0.25, 0.3) is 10.6 Å². The van der Waals surface area contributed by atoms with Gasteiger partial charge in [-0.1, -0.05) is 6.07 Å². The monoisotopic (exact) mass is 302 g/mol. The topological polar surface area (TPSA) is 74.3 Å². The SMILES string of the molecule is O=C1NCCN1C(=O)NCc1ccnc(-c2cccs2)c1. The van der Waals surface area contributed by atoms with Gasteiger partial charge < -0.3 is 10.6 Å². The predicted molar refractivity (Wildman–Crippen MR) is 79.9 cm³/mol. The Labute approximate surface area is 125 Å². The van der Waals surface area contributed by atoms with Crippen LogP contribution in [0.2, 0.25) is 0 Å². The van der Waals surface area contributed by atoms with Crippen LogP contribution in [0.4, 0.5) is 9.59 Å². The molecule has 2 aromatic rings. The van der Waals surface area contributed by atoms with Crippen LogP contribution in [0.15, 0.2) is 35.8 Å². The first-order valence-corrected chi connectivity index (χ1v) is 7.44. The van der Waals surface area contributed by atoms with Crippen LogP contribution >= 0.6 is 11.3 Å². The molecule has 0 aromatic carbocycles. The number of rotatable bonds is 3. The molecule has 108 valence electrons. The summed E-state index contributed by atoms with van der Waals surface area (Å²) in [7, 11) is 0. The van der Waals surface area contributed by atoms with Gasteiger partial charge in [0, 0.05) is 25.8 Å². The minimum atomic E-state index is -0.375. The molecule has 0 spiro atoms. The standard InChI is InChI=1S/C14H14N4O2S/c19-13-16-5-6-18(13)14(20)17-9-10-3-4-15-11(8-10)12-2-1-7-21-12/h1-4,7-8H,5-6,9H2,(H,16,19)(H,17,20). The maximum atomic E-state index is 11.9. The number of carbonyl (C=O) groups excluding carboxylic acids is 2. The molecule has 7 heteroatoms. The van der Waals surface area contributed by atoms with Crippen molar-refractivity contribution >= 4 is 23.4 Å². The second-order valence-electron chi connectivity index (χ2n) is 4.57. The third-order valence-corrected chi connectivity index (χ3v) is 4.04. The van der Waals surface area contributed by atoms with Gasteiger partial charge in [-0.25, -0.2) is 14.5 Å². The molecular formula is C14H14N4O2S. The highest BCUT2D eigenvalue weighted by molar-refractivity contribution is 7.13. The third-order valence-electron chi connectivity index (χ3n) is 3.14. The fourth-order valence-electron chi connectivity index (χ4n) is 2.08. The number of amides is 4. The van der Waals surface area contributed by atoms with Gasteiger partial charge in [-0.15, -0.1) is 11.3 Å². The summed E-state index contributed by atoms with van der Waals surface area (Å²) < 4.78 is 0. The van der Waals surface area contributed by atoms with Gasteiger partial charge in [0.15, 0.2) is 0 Å². The van der Waals surface area contributed by atoms with E-state index in [1.165, 1.54) is 4.90 Å². The van der Waals surface area contributed by atoms with Gasteiger partial charge in [0.2, 0.25) is 0 Å². The molecule has 1 fully saturated rings. The van der Waals surface area contributed by atoms with E-state index in [-0.39, 0.29) is 12.1 Å². The fraction of sp³-hybridized carbons (Fsp3) is 0.214. The number of imide groups is 1. The van der Waals surface area contributed by atoms with E-state index in [4.69, 9.17) is 0 Å². The lowest BCUT2D eigenvalue weighted by Crippen LogP contribution is -2.41. The molecule has 2 aromatic heterocycles. The number of aromatic nitrogens is 1. The van der Waals surface area contributed by atoms with Gasteiger partial charge in [-0.3, -0.25) is 4.98 Å². The van der Waals surface area contributed by atoms with E-state index in [2.05, 4.69) is 15.6 Å². The predicted octanol–water partition coefficient (Wildman–Crippen LogP) is 2.04. The van der Waals surface area contributed by atoms with Crippen LogP contribution in [0.5, 0.6) is 0 Å². The zero-order valence-electron chi connectivity index (χ0n) is 11.2. The number of nitrogens with one attached hydrogen (secondary N) is 2. The Morgan fingerprint density at radius 1 is 1.48 bits per heavy atom. The van der Waals surface area contributed by atoms with E-state index < -0.39 is 0 Å². The molecule has 1 saturated heterocycles. The smallest absolute Gasteiger partial charge is 0.325 e. The van der Waals surface area contributed by atoms with E-state index >= 15 is 0 Å². The molecule has 4 amide bonds. The average molecular weight is 302 g/mol. The Balaban J connectivity index is 1.64. The Bertz CT molecular complexity index is 657. The minimum absolute atomic E-state index is 0.346. The normalized spacial score (nSPS) is 14.1. The summed E-state index contributed by atoms with van der Waals surface area (Å²) in [6, 6.07) is 7.05. The summed E-state index contributed by atoms with van der Waals surface area (Å²) in [5.74, 6) is 0. The third kappa shape index (κ3) is 3.03. The van der Waals surface area contributed by atoms with E-state index in [1.54, 1.807) is 17.5 Å². The highest BCUT2D eigenvalue weighted by atomic mass is 32.1. The van der Waals surface area contributed by atoms with Gasteiger partial charge in [-0.05, 0) is 29.1 Å². The minimum Gasteiger partial charge on any atom is -0.336 e. The van der Waals surface area contributed by atoms with Crippen LogP contribution < -0.4 is 10.6 Å². The number of carbonyl (C=O) groups is 2. The van der Waals surface area contributed by atoms with Crippen LogP contribution in [-0.2, 0) is 6.54 Å². The molecule has 1 aliphatic rings. The second kappa shape index (κ2) is 5.92. The van der Waals surface area contributed by atoms with Crippen molar-refractivity contribution in [3.8, 4) is 10.6 Å². The Kier molecular flexibility index (Phi) is 3.83. The lowest BCUT2D eigenvalue weighted by Gasteiger charge is -2.13. The number of hydrogen-bond donors (Lipinski definition) is 2. The van der Waals surface area contributed by atoms with Gasteiger partial charge in [-0.2, -0.15) is 0 Å². The molecule has 6 nitrogen and oxygen atoms in total. The van der Waals surface area contributed by atoms with Gasteiger partial charge in [0.1, 0.15) is 0 Å². The summed E-state index contributed by atoms with van der Waals surface area (Å²) in [5, 5.41) is 7.34. The van der Waals surface area contributed by atoms with Crippen molar-refractivity contribution < 1.29 is 9.59 Å². The number of hydrogen-bond acceptors (Lipinski definition) is 4. The molecular weight excluding hydrogens is 288 g/mol. The molecule has 0 unspecified atom stereocenters. The molecule has 0 bridgehead atoms. The molecule has 2 N–H and O–H groups in total. The number of thiophene rings is 1. The van der Waals surface area contributed by atoms with Crippen molar-refractivity contribution in [3.63, 3.8) is 0 Å². The first-order valence-electron chi connectivity index (χ1n) is 6.56. The summed E-state index contributed by atoms with van der Waals surface area (Å²) >= 11 is 1.62. The van der Waals surface area contributed by atoms with Gasteiger partial charge in [0.05, 0.1) is 10.6 Å². The summed E-state index contributed by atoms with van der Waals surface area (Å²) in [5.41, 5.74) is 1.83. The van der Waals surface area contributed by atoms with Crippen molar-refractivity contribution in [3.05, 3.63) is 41.4 Å². The van der Waals surface area contributed by atoms with Crippen LogP contribution in [0.1, 0.15) is 5.56 Å². The second-order valence-corrected chi connectivity index (χ2v) is 5.52. The first-order chi connectivity index (χ1) is 10.2. The van der Waals surface area contributed by atoms with Gasteiger partial charge in [0.25, 0.3) is 0 Å². The molecule has 3 rings (SSSR count). The Morgan fingerprint density at radius 2 is 2.38 bits per heavy atom. The lowest BCUT2D eigenvalue weighted by atomic mass is 10.2.